The lowest BCUT2D eigenvalue weighted by Crippen LogP contribution is -2.34. The lowest BCUT2D eigenvalue weighted by Gasteiger charge is -2.20. The highest BCUT2D eigenvalue weighted by Crippen LogP contribution is 2.03. The first-order chi connectivity index (χ1) is 8.27. The van der Waals surface area contributed by atoms with Gasteiger partial charge >= 0.3 is 0 Å². The first-order valence-electron chi connectivity index (χ1n) is 5.52. The molecule has 0 aliphatic rings. The summed E-state index contributed by atoms with van der Waals surface area (Å²) in [6.45, 7) is 1.06. The topological polar surface area (TPSA) is 44.1 Å². The van der Waals surface area contributed by atoms with Gasteiger partial charge in [-0.05, 0) is 12.0 Å². The van der Waals surface area contributed by atoms with E-state index in [4.69, 9.17) is 16.9 Å². The molecule has 0 unspecified atom stereocenters. The summed E-state index contributed by atoms with van der Waals surface area (Å²) < 4.78 is 0. The van der Waals surface area contributed by atoms with Crippen LogP contribution in [0, 0.1) is 11.3 Å². The Balaban J connectivity index is 2.49. The molecule has 1 amide bonds. The third-order valence-electron chi connectivity index (χ3n) is 2.47. The van der Waals surface area contributed by atoms with Crippen molar-refractivity contribution in [3.63, 3.8) is 0 Å². The Morgan fingerprint density at radius 2 is 2.00 bits per heavy atom. The van der Waals surface area contributed by atoms with Crippen LogP contribution in [0.2, 0.25) is 0 Å². The summed E-state index contributed by atoms with van der Waals surface area (Å²) in [5.41, 5.74) is 1.18. The van der Waals surface area contributed by atoms with E-state index < -0.39 is 0 Å². The zero-order valence-corrected chi connectivity index (χ0v) is 10.4. The van der Waals surface area contributed by atoms with E-state index in [0.717, 1.165) is 6.42 Å². The molecule has 0 atom stereocenters. The molecule has 1 aromatic rings. The maximum absolute atomic E-state index is 11.5. The summed E-state index contributed by atoms with van der Waals surface area (Å²) in [6.07, 6.45) is 1.13. The summed E-state index contributed by atoms with van der Waals surface area (Å²) in [5.74, 6) is -0.141. The summed E-state index contributed by atoms with van der Waals surface area (Å²) in [6, 6.07) is 12.0. The van der Waals surface area contributed by atoms with Gasteiger partial charge in [-0.25, -0.2) is 0 Å². The van der Waals surface area contributed by atoms with Crippen LogP contribution < -0.4 is 0 Å². The van der Waals surface area contributed by atoms with Gasteiger partial charge in [0.15, 0.2) is 0 Å². The second-order valence-corrected chi connectivity index (χ2v) is 3.93. The summed E-state index contributed by atoms with van der Waals surface area (Å²) in [5, 5.41) is 8.53. The predicted octanol–water partition coefficient (Wildman–Crippen LogP) is 2.21. The fraction of sp³-hybridized carbons (Fsp3) is 0.385. The van der Waals surface area contributed by atoms with E-state index in [-0.39, 0.29) is 11.8 Å². The Labute approximate surface area is 107 Å². The predicted molar refractivity (Wildman–Crippen MR) is 67.7 cm³/mol. The van der Waals surface area contributed by atoms with Crippen molar-refractivity contribution in [3.05, 3.63) is 35.9 Å². The fourth-order valence-corrected chi connectivity index (χ4v) is 1.71. The number of hydrogen-bond acceptors (Lipinski definition) is 2. The van der Waals surface area contributed by atoms with Gasteiger partial charge in [0.1, 0.15) is 5.88 Å². The van der Waals surface area contributed by atoms with Crippen LogP contribution in [0.3, 0.4) is 0 Å². The monoisotopic (exact) mass is 250 g/mol. The highest BCUT2D eigenvalue weighted by Gasteiger charge is 2.11. The van der Waals surface area contributed by atoms with Gasteiger partial charge in [-0.3, -0.25) is 4.79 Å². The molecule has 4 heteroatoms. The Bertz CT molecular complexity index is 386. The van der Waals surface area contributed by atoms with Crippen LogP contribution in [0.25, 0.3) is 0 Å². The zero-order chi connectivity index (χ0) is 12.5. The Morgan fingerprint density at radius 3 is 2.59 bits per heavy atom. The molecule has 0 saturated heterocycles. The molecule has 0 aliphatic carbocycles. The first-order valence-corrected chi connectivity index (χ1v) is 6.06. The average molecular weight is 251 g/mol. The summed E-state index contributed by atoms with van der Waals surface area (Å²) in [7, 11) is 0. The molecule has 0 spiro atoms. The van der Waals surface area contributed by atoms with Gasteiger partial charge in [0.05, 0.1) is 12.5 Å². The summed E-state index contributed by atoms with van der Waals surface area (Å²) in [4.78, 5) is 13.2. The van der Waals surface area contributed by atoms with Crippen molar-refractivity contribution in [2.75, 3.05) is 19.0 Å². The van der Waals surface area contributed by atoms with Gasteiger partial charge < -0.3 is 4.90 Å². The van der Waals surface area contributed by atoms with E-state index in [1.165, 1.54) is 5.56 Å². The highest BCUT2D eigenvalue weighted by atomic mass is 35.5. The molecule has 0 heterocycles. The minimum atomic E-state index is -0.113. The molecule has 90 valence electrons. The summed E-state index contributed by atoms with van der Waals surface area (Å²) >= 11 is 5.53. The van der Waals surface area contributed by atoms with Gasteiger partial charge in [-0.2, -0.15) is 5.26 Å². The van der Waals surface area contributed by atoms with Gasteiger partial charge in [-0.15, -0.1) is 11.6 Å². The third kappa shape index (κ3) is 4.88. The van der Waals surface area contributed by atoms with E-state index in [9.17, 15) is 4.79 Å². The number of carbonyl (C=O) groups excluding carboxylic acids is 1. The van der Waals surface area contributed by atoms with Crippen LogP contribution in [-0.4, -0.2) is 29.8 Å². The lowest BCUT2D eigenvalue weighted by molar-refractivity contribution is -0.128. The number of rotatable bonds is 6. The van der Waals surface area contributed by atoms with E-state index in [1.54, 1.807) is 4.90 Å². The maximum atomic E-state index is 11.5. The largest absolute Gasteiger partial charge is 0.340 e. The molecular formula is C13H15ClN2O. The Morgan fingerprint density at radius 1 is 1.29 bits per heavy atom. The van der Waals surface area contributed by atoms with Gasteiger partial charge in [0, 0.05) is 13.1 Å². The molecule has 17 heavy (non-hydrogen) atoms. The standard InChI is InChI=1S/C13H15ClN2O/c14-11-13(17)16(9-4-8-15)10-7-12-5-2-1-3-6-12/h1-3,5-6H,4,7,9-11H2. The molecule has 1 rings (SSSR count). The number of nitrogens with zero attached hydrogens (tertiary/aromatic N) is 2. The minimum Gasteiger partial charge on any atom is -0.340 e. The molecule has 1 aromatic carbocycles. The van der Waals surface area contributed by atoms with Crippen molar-refractivity contribution in [1.29, 1.82) is 5.26 Å². The number of alkyl halides is 1. The number of halogens is 1. The molecular weight excluding hydrogens is 236 g/mol. The highest BCUT2D eigenvalue weighted by molar-refractivity contribution is 6.27. The Hall–Kier alpha value is -1.53. The smallest absolute Gasteiger partial charge is 0.237 e. The second kappa shape index (κ2) is 7.70. The normalized spacial score (nSPS) is 9.65. The molecule has 0 aliphatic heterocycles. The van der Waals surface area contributed by atoms with Crippen molar-refractivity contribution >= 4 is 17.5 Å². The Kier molecular flexibility index (Phi) is 6.13. The van der Waals surface area contributed by atoms with Gasteiger partial charge in [-0.1, -0.05) is 30.3 Å². The van der Waals surface area contributed by atoms with Crippen LogP contribution in [0.5, 0.6) is 0 Å². The SMILES string of the molecule is N#CCCN(CCc1ccccc1)C(=O)CCl. The first kappa shape index (κ1) is 13.5. The third-order valence-corrected chi connectivity index (χ3v) is 2.70. The number of hydrogen-bond donors (Lipinski definition) is 0. The maximum Gasteiger partial charge on any atom is 0.237 e. The van der Waals surface area contributed by atoms with Gasteiger partial charge in [0.25, 0.3) is 0 Å². The molecule has 0 radical (unpaired) electrons. The molecule has 0 fully saturated rings. The number of carbonyl (C=O) groups is 1. The average Bonchev–Trinajstić information content (AvgIpc) is 2.39. The van der Waals surface area contributed by atoms with E-state index >= 15 is 0 Å². The fourth-order valence-electron chi connectivity index (χ4n) is 1.54. The minimum absolute atomic E-state index is 0.0276. The molecule has 0 saturated carbocycles. The number of nitriles is 1. The molecule has 3 nitrogen and oxygen atoms in total. The molecule has 0 bridgehead atoms. The van der Waals surface area contributed by atoms with E-state index in [2.05, 4.69) is 0 Å². The van der Waals surface area contributed by atoms with Crippen molar-refractivity contribution in [2.24, 2.45) is 0 Å². The van der Waals surface area contributed by atoms with Crippen LogP contribution in [0.1, 0.15) is 12.0 Å². The van der Waals surface area contributed by atoms with Crippen molar-refractivity contribution in [2.45, 2.75) is 12.8 Å². The zero-order valence-electron chi connectivity index (χ0n) is 9.60. The van der Waals surface area contributed by atoms with Crippen molar-refractivity contribution < 1.29 is 4.79 Å². The van der Waals surface area contributed by atoms with E-state index in [1.807, 2.05) is 36.4 Å². The molecule has 0 aromatic heterocycles. The van der Waals surface area contributed by atoms with Crippen molar-refractivity contribution in [3.8, 4) is 6.07 Å². The van der Waals surface area contributed by atoms with E-state index in [0.29, 0.717) is 19.5 Å². The van der Waals surface area contributed by atoms with Crippen LogP contribution in [0.4, 0.5) is 0 Å². The number of amides is 1. The second-order valence-electron chi connectivity index (χ2n) is 3.66. The van der Waals surface area contributed by atoms with Gasteiger partial charge in [0.2, 0.25) is 5.91 Å². The van der Waals surface area contributed by atoms with Crippen molar-refractivity contribution in [1.82, 2.24) is 4.90 Å². The van der Waals surface area contributed by atoms with Crippen LogP contribution >= 0.6 is 11.6 Å². The number of benzene rings is 1. The van der Waals surface area contributed by atoms with Crippen LogP contribution in [0.15, 0.2) is 30.3 Å². The quantitative estimate of drug-likeness (QED) is 0.727. The molecule has 0 N–H and O–H groups in total. The lowest BCUT2D eigenvalue weighted by atomic mass is 10.1. The van der Waals surface area contributed by atoms with Crippen LogP contribution in [-0.2, 0) is 11.2 Å².